The Balaban J connectivity index is 2.19. The summed E-state index contributed by atoms with van der Waals surface area (Å²) >= 11 is 12.1. The zero-order valence-electron chi connectivity index (χ0n) is 12.6. The average Bonchev–Trinajstić information content (AvgIpc) is 2.58. The minimum Gasteiger partial charge on any atom is -0.495 e. The molecule has 0 aliphatic carbocycles. The molecule has 5 nitrogen and oxygen atoms in total. The summed E-state index contributed by atoms with van der Waals surface area (Å²) in [6, 6.07) is 13.7. The molecule has 2 aromatic rings. The number of amides is 1. The maximum Gasteiger partial charge on any atom is 0.267 e. The van der Waals surface area contributed by atoms with Crippen molar-refractivity contribution in [2.75, 3.05) is 17.7 Å². The summed E-state index contributed by atoms with van der Waals surface area (Å²) in [5.41, 5.74) is 0.734. The van der Waals surface area contributed by atoms with E-state index in [2.05, 4.69) is 10.6 Å². The average molecular weight is 362 g/mol. The monoisotopic (exact) mass is 361 g/mol. The van der Waals surface area contributed by atoms with Crippen LogP contribution in [-0.2, 0) is 4.79 Å². The molecule has 0 aromatic heterocycles. The quantitative estimate of drug-likeness (QED) is 0.608. The van der Waals surface area contributed by atoms with Crippen LogP contribution in [0.2, 0.25) is 10.0 Å². The van der Waals surface area contributed by atoms with Crippen molar-refractivity contribution in [3.8, 4) is 11.8 Å². The first-order valence-electron chi connectivity index (χ1n) is 6.82. The summed E-state index contributed by atoms with van der Waals surface area (Å²) in [6.07, 6.45) is 1.25. The number of halogens is 2. The predicted octanol–water partition coefficient (Wildman–Crippen LogP) is 4.46. The minimum absolute atomic E-state index is 0.142. The van der Waals surface area contributed by atoms with Crippen molar-refractivity contribution in [2.45, 2.75) is 0 Å². The summed E-state index contributed by atoms with van der Waals surface area (Å²) in [5, 5.41) is 15.4. The molecule has 0 radical (unpaired) electrons. The Morgan fingerprint density at radius 2 is 1.83 bits per heavy atom. The first kappa shape index (κ1) is 17.7. The second-order valence-corrected chi connectivity index (χ2v) is 5.38. The van der Waals surface area contributed by atoms with E-state index in [0.29, 0.717) is 27.2 Å². The highest BCUT2D eigenvalue weighted by Gasteiger charge is 2.12. The molecule has 1 amide bonds. The number of nitrogens with one attached hydrogen (secondary N) is 2. The van der Waals surface area contributed by atoms with E-state index >= 15 is 0 Å². The molecule has 7 heteroatoms. The molecule has 122 valence electrons. The largest absolute Gasteiger partial charge is 0.495 e. The Hall–Kier alpha value is -2.68. The van der Waals surface area contributed by atoms with E-state index in [1.807, 2.05) is 6.07 Å². The highest BCUT2D eigenvalue weighted by atomic mass is 35.5. The smallest absolute Gasteiger partial charge is 0.267 e. The van der Waals surface area contributed by atoms with Gasteiger partial charge in [0.1, 0.15) is 17.4 Å². The topological polar surface area (TPSA) is 74.1 Å². The lowest BCUT2D eigenvalue weighted by molar-refractivity contribution is -0.112. The summed E-state index contributed by atoms with van der Waals surface area (Å²) in [7, 11) is 1.49. The van der Waals surface area contributed by atoms with Gasteiger partial charge in [-0.15, -0.1) is 0 Å². The van der Waals surface area contributed by atoms with Crippen molar-refractivity contribution < 1.29 is 9.53 Å². The summed E-state index contributed by atoms with van der Waals surface area (Å²) < 4.78 is 5.15. The molecule has 0 fully saturated rings. The highest BCUT2D eigenvalue weighted by Crippen LogP contribution is 2.30. The maximum atomic E-state index is 12.2. The number of carbonyl (C=O) groups excluding carboxylic acids is 1. The van der Waals surface area contributed by atoms with Crippen LogP contribution in [0.25, 0.3) is 0 Å². The lowest BCUT2D eigenvalue weighted by Gasteiger charge is -2.10. The number of hydrogen-bond donors (Lipinski definition) is 2. The number of anilines is 2. The van der Waals surface area contributed by atoms with Gasteiger partial charge in [-0.1, -0.05) is 41.4 Å². The lowest BCUT2D eigenvalue weighted by Crippen LogP contribution is -2.15. The Morgan fingerprint density at radius 1 is 1.17 bits per heavy atom. The lowest BCUT2D eigenvalue weighted by atomic mass is 10.2. The molecule has 2 aromatic carbocycles. The number of rotatable bonds is 5. The van der Waals surface area contributed by atoms with Gasteiger partial charge in [-0.05, 0) is 24.3 Å². The van der Waals surface area contributed by atoms with Crippen LogP contribution in [0.4, 0.5) is 11.4 Å². The fourth-order valence-electron chi connectivity index (χ4n) is 1.87. The van der Waals surface area contributed by atoms with E-state index < -0.39 is 5.91 Å². The molecule has 0 bridgehead atoms. The number of nitriles is 1. The van der Waals surface area contributed by atoms with E-state index in [4.69, 9.17) is 27.9 Å². The van der Waals surface area contributed by atoms with Crippen LogP contribution in [0.1, 0.15) is 0 Å². The molecule has 0 aliphatic rings. The minimum atomic E-state index is -0.585. The number of nitrogens with zero attached hydrogens (tertiary/aromatic N) is 1. The van der Waals surface area contributed by atoms with E-state index in [0.717, 1.165) is 0 Å². The molecular formula is C17H13Cl2N3O2. The zero-order valence-corrected chi connectivity index (χ0v) is 14.2. The normalized spacial score (nSPS) is 10.7. The molecule has 2 N–H and O–H groups in total. The third kappa shape index (κ3) is 4.19. The summed E-state index contributed by atoms with van der Waals surface area (Å²) in [4.78, 5) is 12.2. The van der Waals surface area contributed by atoms with Gasteiger partial charge < -0.3 is 15.4 Å². The number of para-hydroxylation sites is 3. The van der Waals surface area contributed by atoms with Gasteiger partial charge in [0.25, 0.3) is 5.91 Å². The predicted molar refractivity (Wildman–Crippen MR) is 95.4 cm³/mol. The van der Waals surface area contributed by atoms with Gasteiger partial charge in [0.2, 0.25) is 0 Å². The molecule has 0 heterocycles. The SMILES string of the molecule is COc1ccccc1NC(=O)/C(C#N)=C\Nc1c(Cl)cccc1Cl. The molecule has 2 rings (SSSR count). The van der Waals surface area contributed by atoms with Crippen molar-refractivity contribution in [3.63, 3.8) is 0 Å². The second-order valence-electron chi connectivity index (χ2n) is 4.57. The van der Waals surface area contributed by atoms with Crippen LogP contribution in [0.3, 0.4) is 0 Å². The van der Waals surface area contributed by atoms with Crippen LogP contribution in [0.15, 0.2) is 54.2 Å². The molecule has 0 saturated carbocycles. The first-order valence-corrected chi connectivity index (χ1v) is 7.57. The number of methoxy groups -OCH3 is 1. The van der Waals surface area contributed by atoms with E-state index in [9.17, 15) is 10.1 Å². The Morgan fingerprint density at radius 3 is 2.46 bits per heavy atom. The molecule has 0 atom stereocenters. The van der Waals surface area contributed by atoms with Gasteiger partial charge in [0.15, 0.2) is 0 Å². The summed E-state index contributed by atoms with van der Waals surface area (Å²) in [6.45, 7) is 0. The van der Waals surface area contributed by atoms with Crippen molar-refractivity contribution in [1.29, 1.82) is 5.26 Å². The maximum absolute atomic E-state index is 12.2. The third-order valence-corrected chi connectivity index (χ3v) is 3.67. The number of carbonyl (C=O) groups is 1. The third-order valence-electron chi connectivity index (χ3n) is 3.04. The van der Waals surface area contributed by atoms with Gasteiger partial charge in [0, 0.05) is 6.20 Å². The van der Waals surface area contributed by atoms with Crippen LogP contribution < -0.4 is 15.4 Å². The van der Waals surface area contributed by atoms with Crippen molar-refractivity contribution in [2.24, 2.45) is 0 Å². The molecule has 0 unspecified atom stereocenters. The van der Waals surface area contributed by atoms with E-state index in [-0.39, 0.29) is 5.57 Å². The van der Waals surface area contributed by atoms with Crippen LogP contribution in [0.5, 0.6) is 5.75 Å². The van der Waals surface area contributed by atoms with E-state index in [1.165, 1.54) is 13.3 Å². The summed E-state index contributed by atoms with van der Waals surface area (Å²) in [5.74, 6) is -0.0945. The fraction of sp³-hybridized carbons (Fsp3) is 0.0588. The second kappa shape index (κ2) is 8.25. The first-order chi connectivity index (χ1) is 11.6. The zero-order chi connectivity index (χ0) is 17.5. The number of benzene rings is 2. The Labute approximate surface area is 149 Å². The van der Waals surface area contributed by atoms with Gasteiger partial charge in [-0.3, -0.25) is 4.79 Å². The molecule has 0 spiro atoms. The van der Waals surface area contributed by atoms with Gasteiger partial charge in [0.05, 0.1) is 28.5 Å². The fourth-order valence-corrected chi connectivity index (χ4v) is 2.37. The standard InChI is InChI=1S/C17H13Cl2N3O2/c1-24-15-8-3-2-7-14(15)22-17(23)11(9-20)10-21-16-12(18)5-4-6-13(16)19/h2-8,10,21H,1H3,(H,22,23)/b11-10-. The van der Waals surface area contributed by atoms with Crippen molar-refractivity contribution >= 4 is 40.5 Å². The van der Waals surface area contributed by atoms with Crippen molar-refractivity contribution in [1.82, 2.24) is 0 Å². The molecule has 24 heavy (non-hydrogen) atoms. The van der Waals surface area contributed by atoms with E-state index in [1.54, 1.807) is 42.5 Å². The van der Waals surface area contributed by atoms with Gasteiger partial charge >= 0.3 is 0 Å². The van der Waals surface area contributed by atoms with Crippen LogP contribution in [0, 0.1) is 11.3 Å². The number of ether oxygens (including phenoxy) is 1. The van der Waals surface area contributed by atoms with Gasteiger partial charge in [-0.2, -0.15) is 5.26 Å². The Bertz CT molecular complexity index is 809. The molecule has 0 aliphatic heterocycles. The van der Waals surface area contributed by atoms with Gasteiger partial charge in [-0.25, -0.2) is 0 Å². The Kier molecular flexibility index (Phi) is 6.07. The van der Waals surface area contributed by atoms with Crippen LogP contribution >= 0.6 is 23.2 Å². The molecule has 0 saturated heterocycles. The number of hydrogen-bond acceptors (Lipinski definition) is 4. The van der Waals surface area contributed by atoms with Crippen LogP contribution in [-0.4, -0.2) is 13.0 Å². The van der Waals surface area contributed by atoms with Crippen molar-refractivity contribution in [3.05, 3.63) is 64.3 Å². The highest BCUT2D eigenvalue weighted by molar-refractivity contribution is 6.39. The molecular weight excluding hydrogens is 349 g/mol.